The Morgan fingerprint density at radius 3 is 2.57 bits per heavy atom. The zero-order valence-corrected chi connectivity index (χ0v) is 8.29. The molecule has 0 amide bonds. The lowest BCUT2D eigenvalue weighted by Crippen LogP contribution is -2.48. The Bertz CT molecular complexity index is 213. The van der Waals surface area contributed by atoms with Gasteiger partial charge in [-0.3, -0.25) is 4.79 Å². The van der Waals surface area contributed by atoms with Crippen LogP contribution in [0.5, 0.6) is 0 Å². The molecule has 2 aliphatic heterocycles. The second-order valence-electron chi connectivity index (χ2n) is 4.32. The van der Waals surface area contributed by atoms with Gasteiger partial charge < -0.3 is 15.2 Å². The van der Waals surface area contributed by atoms with E-state index >= 15 is 0 Å². The summed E-state index contributed by atoms with van der Waals surface area (Å²) in [5.41, 5.74) is -0.00278. The van der Waals surface area contributed by atoms with Gasteiger partial charge in [-0.1, -0.05) is 0 Å². The molecule has 0 radical (unpaired) electrons. The highest BCUT2D eigenvalue weighted by Gasteiger charge is 2.39. The minimum Gasteiger partial charge on any atom is -0.481 e. The first kappa shape index (κ1) is 9.93. The summed E-state index contributed by atoms with van der Waals surface area (Å²) >= 11 is 0. The van der Waals surface area contributed by atoms with Crippen molar-refractivity contribution in [2.45, 2.75) is 31.3 Å². The highest BCUT2D eigenvalue weighted by molar-refractivity contribution is 5.70. The maximum Gasteiger partial charge on any atom is 0.308 e. The van der Waals surface area contributed by atoms with E-state index < -0.39 is 5.97 Å². The van der Waals surface area contributed by atoms with Gasteiger partial charge in [0.15, 0.2) is 0 Å². The number of hydrogen-bond donors (Lipinski definition) is 2. The molecule has 0 aliphatic carbocycles. The summed E-state index contributed by atoms with van der Waals surface area (Å²) < 4.78 is 5.76. The van der Waals surface area contributed by atoms with Crippen molar-refractivity contribution in [1.29, 1.82) is 0 Å². The summed E-state index contributed by atoms with van der Waals surface area (Å²) in [4.78, 5) is 10.7. The highest BCUT2D eigenvalue weighted by atomic mass is 16.5. The quantitative estimate of drug-likeness (QED) is 0.650. The van der Waals surface area contributed by atoms with E-state index in [0.717, 1.165) is 38.8 Å². The fourth-order valence-electron chi connectivity index (χ4n) is 2.34. The van der Waals surface area contributed by atoms with Gasteiger partial charge in [-0.15, -0.1) is 0 Å². The molecule has 0 aromatic carbocycles. The van der Waals surface area contributed by atoms with Crippen molar-refractivity contribution in [2.24, 2.45) is 5.92 Å². The van der Waals surface area contributed by atoms with Crippen LogP contribution < -0.4 is 5.32 Å². The van der Waals surface area contributed by atoms with Crippen LogP contribution in [0.3, 0.4) is 0 Å². The van der Waals surface area contributed by atoms with Gasteiger partial charge in [0, 0.05) is 0 Å². The maximum absolute atomic E-state index is 10.7. The Morgan fingerprint density at radius 2 is 2.07 bits per heavy atom. The molecule has 0 aromatic rings. The van der Waals surface area contributed by atoms with Crippen LogP contribution in [0.15, 0.2) is 0 Å². The molecule has 2 rings (SSSR count). The van der Waals surface area contributed by atoms with Crippen molar-refractivity contribution in [3.63, 3.8) is 0 Å². The summed E-state index contributed by atoms with van der Waals surface area (Å²) in [6, 6.07) is 0. The normalized spacial score (nSPS) is 31.6. The largest absolute Gasteiger partial charge is 0.481 e. The Balaban J connectivity index is 1.90. The van der Waals surface area contributed by atoms with E-state index in [2.05, 4.69) is 5.32 Å². The fourth-order valence-corrected chi connectivity index (χ4v) is 2.34. The first-order valence-corrected chi connectivity index (χ1v) is 5.29. The van der Waals surface area contributed by atoms with Gasteiger partial charge in [-0.25, -0.2) is 0 Å². The third-order valence-corrected chi connectivity index (χ3v) is 3.40. The molecule has 2 fully saturated rings. The molecule has 2 heterocycles. The van der Waals surface area contributed by atoms with E-state index in [1.54, 1.807) is 0 Å². The number of rotatable bonds is 1. The van der Waals surface area contributed by atoms with E-state index in [4.69, 9.17) is 9.84 Å². The molecule has 0 bridgehead atoms. The van der Waals surface area contributed by atoms with Crippen LogP contribution >= 0.6 is 0 Å². The molecule has 0 aromatic heterocycles. The highest BCUT2D eigenvalue weighted by Crippen LogP contribution is 2.34. The van der Waals surface area contributed by atoms with Crippen molar-refractivity contribution in [3.05, 3.63) is 0 Å². The Kier molecular flexibility index (Phi) is 2.74. The topological polar surface area (TPSA) is 58.6 Å². The van der Waals surface area contributed by atoms with Crippen molar-refractivity contribution in [2.75, 3.05) is 19.7 Å². The van der Waals surface area contributed by atoms with Crippen LogP contribution in [0, 0.1) is 5.92 Å². The van der Waals surface area contributed by atoms with Crippen LogP contribution in [0.4, 0.5) is 0 Å². The van der Waals surface area contributed by atoms with E-state index in [1.807, 2.05) is 0 Å². The SMILES string of the molecule is O=C(O)C1CCC2(CCNCC2)OC1. The molecule has 80 valence electrons. The summed E-state index contributed by atoms with van der Waals surface area (Å²) in [6.45, 7) is 2.39. The first-order valence-electron chi connectivity index (χ1n) is 5.29. The van der Waals surface area contributed by atoms with Crippen molar-refractivity contribution in [3.8, 4) is 0 Å². The lowest BCUT2D eigenvalue weighted by atomic mass is 9.82. The van der Waals surface area contributed by atoms with Gasteiger partial charge in [-0.05, 0) is 38.8 Å². The number of hydrogen-bond acceptors (Lipinski definition) is 3. The summed E-state index contributed by atoms with van der Waals surface area (Å²) in [7, 11) is 0. The number of piperidine rings is 1. The fraction of sp³-hybridized carbons (Fsp3) is 0.900. The molecular formula is C10H17NO3. The number of nitrogens with one attached hydrogen (secondary N) is 1. The summed E-state index contributed by atoms with van der Waals surface area (Å²) in [5, 5.41) is 12.1. The minimum absolute atomic E-state index is 0.00278. The molecule has 1 unspecified atom stereocenters. The number of carboxylic acids is 1. The van der Waals surface area contributed by atoms with E-state index in [0.29, 0.717) is 6.61 Å². The lowest BCUT2D eigenvalue weighted by Gasteiger charge is -2.42. The molecule has 2 saturated heterocycles. The van der Waals surface area contributed by atoms with Crippen LogP contribution in [0.2, 0.25) is 0 Å². The molecule has 2 N–H and O–H groups in total. The van der Waals surface area contributed by atoms with Crippen LogP contribution in [-0.4, -0.2) is 36.4 Å². The smallest absolute Gasteiger partial charge is 0.308 e. The Hall–Kier alpha value is -0.610. The summed E-state index contributed by atoms with van der Waals surface area (Å²) in [5.74, 6) is -0.996. The Morgan fingerprint density at radius 1 is 1.36 bits per heavy atom. The van der Waals surface area contributed by atoms with E-state index in [9.17, 15) is 4.79 Å². The third kappa shape index (κ3) is 1.91. The standard InChI is InChI=1S/C10H17NO3/c12-9(13)8-1-2-10(14-7-8)3-5-11-6-4-10/h8,11H,1-7H2,(H,12,13). The molecule has 2 aliphatic rings. The molecule has 0 saturated carbocycles. The van der Waals surface area contributed by atoms with Crippen LogP contribution in [0.1, 0.15) is 25.7 Å². The molecule has 4 heteroatoms. The average molecular weight is 199 g/mol. The molecular weight excluding hydrogens is 182 g/mol. The van der Waals surface area contributed by atoms with Crippen molar-refractivity contribution < 1.29 is 14.6 Å². The molecule has 1 atom stereocenters. The molecule has 4 nitrogen and oxygen atoms in total. The molecule has 1 spiro atoms. The predicted octanol–water partition coefficient (Wildman–Crippen LogP) is 0.620. The zero-order valence-electron chi connectivity index (χ0n) is 8.29. The molecule has 14 heavy (non-hydrogen) atoms. The van der Waals surface area contributed by atoms with Gasteiger partial charge in [0.1, 0.15) is 0 Å². The van der Waals surface area contributed by atoms with Gasteiger partial charge in [-0.2, -0.15) is 0 Å². The summed E-state index contributed by atoms with van der Waals surface area (Å²) in [6.07, 6.45) is 3.74. The van der Waals surface area contributed by atoms with E-state index in [1.165, 1.54) is 0 Å². The van der Waals surface area contributed by atoms with Crippen LogP contribution in [0.25, 0.3) is 0 Å². The third-order valence-electron chi connectivity index (χ3n) is 3.40. The second-order valence-corrected chi connectivity index (χ2v) is 4.32. The maximum atomic E-state index is 10.7. The van der Waals surface area contributed by atoms with Gasteiger partial charge in [0.05, 0.1) is 18.1 Å². The van der Waals surface area contributed by atoms with Crippen molar-refractivity contribution >= 4 is 5.97 Å². The minimum atomic E-state index is -0.714. The predicted molar refractivity (Wildman–Crippen MR) is 51.1 cm³/mol. The monoisotopic (exact) mass is 199 g/mol. The van der Waals surface area contributed by atoms with Crippen molar-refractivity contribution in [1.82, 2.24) is 5.32 Å². The zero-order chi connectivity index (χ0) is 10.0. The number of carbonyl (C=O) groups is 1. The number of aliphatic carboxylic acids is 1. The van der Waals surface area contributed by atoms with E-state index in [-0.39, 0.29) is 11.5 Å². The number of ether oxygens (including phenoxy) is 1. The van der Waals surface area contributed by atoms with Gasteiger partial charge in [0.25, 0.3) is 0 Å². The van der Waals surface area contributed by atoms with Gasteiger partial charge in [0.2, 0.25) is 0 Å². The first-order chi connectivity index (χ1) is 6.72. The Labute approximate surface area is 83.6 Å². The van der Waals surface area contributed by atoms with Gasteiger partial charge >= 0.3 is 5.97 Å². The second kappa shape index (κ2) is 3.87. The van der Waals surface area contributed by atoms with Crippen LogP contribution in [-0.2, 0) is 9.53 Å². The lowest BCUT2D eigenvalue weighted by molar-refractivity contribution is -0.158. The number of carboxylic acid groups (broad SMARTS) is 1. The average Bonchev–Trinajstić information content (AvgIpc) is 2.19.